The Bertz CT molecular complexity index is 2310. The molecule has 11 N–H and O–H groups in total. The summed E-state index contributed by atoms with van der Waals surface area (Å²) >= 11 is 0. The molecule has 20 heteroatoms. The first kappa shape index (κ1) is 44.7. The fourth-order valence-corrected chi connectivity index (χ4v) is 6.67. The van der Waals surface area contributed by atoms with E-state index in [1.807, 2.05) is 48.5 Å². The predicted molar refractivity (Wildman–Crippen MR) is 190 cm³/mol. The number of nitrogens with one attached hydrogen (secondary N) is 2. The molecule has 0 atom stereocenters. The predicted octanol–water partition coefficient (Wildman–Crippen LogP) is -2.18. The Labute approximate surface area is 345 Å². The minimum atomic E-state index is -5.13. The Morgan fingerprint density at radius 2 is 1.08 bits per heavy atom. The van der Waals surface area contributed by atoms with Gasteiger partial charge in [0.1, 0.15) is 25.1 Å². The van der Waals surface area contributed by atoms with E-state index in [9.17, 15) is 38.9 Å². The number of hydrogen-bond acceptors (Lipinski definition) is 14. The van der Waals surface area contributed by atoms with Crippen molar-refractivity contribution in [2.45, 2.75) is 16.7 Å². The van der Waals surface area contributed by atoms with Crippen LogP contribution in [0, 0.1) is 5.41 Å². The number of nitrogens with two attached hydrogens (primary N) is 4. The van der Waals surface area contributed by atoms with E-state index >= 15 is 0 Å². The van der Waals surface area contributed by atoms with Gasteiger partial charge in [-0.05, 0) is 120 Å². The molecule has 0 saturated carbocycles. The molecule has 0 unspecified atom stereocenters. The van der Waals surface area contributed by atoms with Crippen molar-refractivity contribution in [1.82, 2.24) is 0 Å². The van der Waals surface area contributed by atoms with Crippen LogP contribution < -0.4 is 87.4 Å². The van der Waals surface area contributed by atoms with Crippen molar-refractivity contribution in [3.63, 3.8) is 0 Å². The quantitative estimate of drug-likeness (QED) is 0.0596. The third kappa shape index (κ3) is 11.3. The van der Waals surface area contributed by atoms with E-state index in [0.717, 1.165) is 53.1 Å². The number of allylic oxidation sites excluding steroid dienone is 5. The summed E-state index contributed by atoms with van der Waals surface area (Å²) in [7, 11) is -15.0. The van der Waals surface area contributed by atoms with Crippen LogP contribution in [-0.2, 0) is 30.4 Å². The van der Waals surface area contributed by atoms with Crippen LogP contribution in [-0.4, -0.2) is 44.6 Å². The standard InChI is InChI=1S/C20H19N3O9S3.C12H13N3.2Na/c1-10-6-13(9-18(20(10)23)35(30,31)32)19(11-2-4-14(21)16(7-11)33(24,25)26)12-3-5-15(22)17(8-12)34(27,28)29;13-9-1-5-11(6-2-9)15-12-7-3-10(14)4-8-12;;/h2-9,23H,21-22H2,1H3,(H,24,25,26)(H,27,28,29)(H,30,31,32);1-8,15H,13-14H2;;/q;;2*+1/p-2. The molecule has 0 aliphatic heterocycles. The van der Waals surface area contributed by atoms with Crippen LogP contribution in [0.3, 0.4) is 0 Å². The summed E-state index contributed by atoms with van der Waals surface area (Å²) in [6.45, 7) is 1.35. The molecule has 0 aromatic heterocycles. The van der Waals surface area contributed by atoms with E-state index in [-0.39, 0.29) is 98.3 Å². The van der Waals surface area contributed by atoms with Crippen molar-refractivity contribution in [3.05, 3.63) is 124 Å². The Kier molecular flexibility index (Phi) is 15.1. The SMILES string of the molecule is CC1=CC(=C(c2ccc(N)c(S(=O)(=O)[O-])c2)c2ccc(N)c(S(=O)(=O)O)c2)C=C(S(=O)(=O)[O-])C1=N.Nc1ccc(Nc2ccc(N)cc2)cc1.[Na+].[Na+]. The summed E-state index contributed by atoms with van der Waals surface area (Å²) in [5, 5.41) is 11.2. The zero-order valence-corrected chi connectivity index (χ0v) is 34.4. The number of nitrogen functional groups attached to an aromatic ring is 4. The number of hydrogen-bond donors (Lipinski definition) is 7. The summed E-state index contributed by atoms with van der Waals surface area (Å²) in [6.07, 6.45) is 2.16. The van der Waals surface area contributed by atoms with Gasteiger partial charge in [-0.3, -0.25) is 9.96 Å². The molecule has 15 nitrogen and oxygen atoms in total. The maximum Gasteiger partial charge on any atom is 1.00 e. The van der Waals surface area contributed by atoms with Crippen molar-refractivity contribution in [3.8, 4) is 0 Å². The molecule has 262 valence electrons. The van der Waals surface area contributed by atoms with Gasteiger partial charge < -0.3 is 37.4 Å². The first-order chi connectivity index (χ1) is 23.1. The molecular formula is C32H30N6Na2O9S3. The average Bonchev–Trinajstić information content (AvgIpc) is 3.01. The van der Waals surface area contributed by atoms with E-state index in [1.165, 1.54) is 25.1 Å². The Morgan fingerprint density at radius 1 is 0.654 bits per heavy atom. The first-order valence-electron chi connectivity index (χ1n) is 14.1. The van der Waals surface area contributed by atoms with Crippen molar-refractivity contribution in [2.24, 2.45) is 0 Å². The molecule has 5 rings (SSSR count). The zero-order chi connectivity index (χ0) is 37.2. The van der Waals surface area contributed by atoms with Gasteiger partial charge in [-0.25, -0.2) is 16.8 Å². The van der Waals surface area contributed by atoms with Crippen molar-refractivity contribution in [1.29, 1.82) is 5.41 Å². The molecule has 0 saturated heterocycles. The number of rotatable bonds is 7. The van der Waals surface area contributed by atoms with E-state index in [1.54, 1.807) is 0 Å². The fourth-order valence-electron chi connectivity index (χ4n) is 4.72. The molecule has 52 heavy (non-hydrogen) atoms. The largest absolute Gasteiger partial charge is 1.00 e. The van der Waals surface area contributed by atoms with Gasteiger partial charge in [0.25, 0.3) is 10.1 Å². The van der Waals surface area contributed by atoms with Crippen molar-refractivity contribution >= 4 is 75.8 Å². The molecule has 0 bridgehead atoms. The smallest absolute Gasteiger partial charge is 0.744 e. The minimum absolute atomic E-state index is 0. The summed E-state index contributed by atoms with van der Waals surface area (Å²) in [5.41, 5.74) is 24.6. The van der Waals surface area contributed by atoms with Crippen LogP contribution in [0.5, 0.6) is 0 Å². The number of anilines is 6. The van der Waals surface area contributed by atoms with Gasteiger partial charge in [-0.15, -0.1) is 0 Å². The Hall–Kier alpha value is -3.50. The van der Waals surface area contributed by atoms with Crippen LogP contribution in [0.25, 0.3) is 5.57 Å². The van der Waals surface area contributed by atoms with E-state index in [0.29, 0.717) is 0 Å². The molecule has 0 heterocycles. The first-order valence-corrected chi connectivity index (χ1v) is 18.3. The molecule has 4 aromatic rings. The molecule has 1 aliphatic carbocycles. The Morgan fingerprint density at radius 3 is 1.48 bits per heavy atom. The molecular weight excluding hydrogens is 755 g/mol. The zero-order valence-electron chi connectivity index (χ0n) is 28.0. The van der Waals surface area contributed by atoms with Crippen molar-refractivity contribution in [2.75, 3.05) is 28.3 Å². The van der Waals surface area contributed by atoms with Crippen molar-refractivity contribution < 1.29 is 98.0 Å². The molecule has 0 fully saturated rings. The average molecular weight is 785 g/mol. The van der Waals surface area contributed by atoms with Gasteiger partial charge in [0.2, 0.25) is 0 Å². The van der Waals surface area contributed by atoms with Crippen LogP contribution >= 0.6 is 0 Å². The van der Waals surface area contributed by atoms with Gasteiger partial charge in [0.15, 0.2) is 0 Å². The second-order valence-corrected chi connectivity index (χ2v) is 14.9. The van der Waals surface area contributed by atoms with Crippen LogP contribution in [0.15, 0.2) is 123 Å². The molecule has 4 aromatic carbocycles. The van der Waals surface area contributed by atoms with E-state index < -0.39 is 50.8 Å². The van der Waals surface area contributed by atoms with Crippen LogP contribution in [0.4, 0.5) is 34.1 Å². The summed E-state index contributed by atoms with van der Waals surface area (Å²) in [5.74, 6) is 0. The Balaban J connectivity index is 0.000000461. The van der Waals surface area contributed by atoms with Gasteiger partial charge in [-0.2, -0.15) is 8.42 Å². The van der Waals surface area contributed by atoms with Gasteiger partial charge in [0.05, 0.1) is 21.2 Å². The fraction of sp³-hybridized carbons (Fsp3) is 0.0312. The van der Waals surface area contributed by atoms with E-state index in [4.69, 9.17) is 28.3 Å². The van der Waals surface area contributed by atoms with Crippen LogP contribution in [0.1, 0.15) is 18.1 Å². The van der Waals surface area contributed by atoms with Crippen LogP contribution in [0.2, 0.25) is 0 Å². The maximum atomic E-state index is 11.8. The van der Waals surface area contributed by atoms with Gasteiger partial charge in [0, 0.05) is 28.4 Å². The normalized spacial score (nSPS) is 14.0. The molecule has 1 aliphatic rings. The summed E-state index contributed by atoms with van der Waals surface area (Å²) in [4.78, 5) is -2.39. The second kappa shape index (κ2) is 17.5. The topological polar surface area (TPSA) is 309 Å². The molecule has 0 radical (unpaired) electrons. The second-order valence-electron chi connectivity index (χ2n) is 10.8. The summed E-state index contributed by atoms with van der Waals surface area (Å²) < 4.78 is 104. The third-order valence-corrected chi connectivity index (χ3v) is 9.78. The number of benzene rings is 4. The summed E-state index contributed by atoms with van der Waals surface area (Å²) in [6, 6.07) is 21.8. The van der Waals surface area contributed by atoms with Gasteiger partial charge in [-0.1, -0.05) is 12.1 Å². The molecule has 0 spiro atoms. The van der Waals surface area contributed by atoms with Gasteiger partial charge >= 0.3 is 59.1 Å². The van der Waals surface area contributed by atoms with E-state index in [2.05, 4.69) is 5.32 Å². The third-order valence-electron chi connectivity index (χ3n) is 7.12. The monoisotopic (exact) mass is 784 g/mol. The minimum Gasteiger partial charge on any atom is -0.744 e. The molecule has 0 amide bonds. The maximum absolute atomic E-state index is 11.8.